The van der Waals surface area contributed by atoms with Crippen LogP contribution in [0.15, 0.2) is 6.20 Å². The second-order valence-electron chi connectivity index (χ2n) is 4.92. The third-order valence-corrected chi connectivity index (χ3v) is 8.97. The molecule has 3 rings (SSSR count). The average molecular weight is 582 g/mol. The number of aromatic nitrogens is 1. The van der Waals surface area contributed by atoms with Crippen molar-refractivity contribution in [1.82, 2.24) is 4.98 Å². The van der Waals surface area contributed by atoms with Gasteiger partial charge in [-0.3, -0.25) is 0 Å². The summed E-state index contributed by atoms with van der Waals surface area (Å²) in [5, 5.41) is 1.29. The number of nitrogens with zero attached hydrogens (tertiary/aromatic N) is 1. The predicted molar refractivity (Wildman–Crippen MR) is 123 cm³/mol. The lowest BCUT2D eigenvalue weighted by Gasteiger charge is -2.11. The monoisotopic (exact) mass is 577 g/mol. The third kappa shape index (κ3) is 3.86. The summed E-state index contributed by atoms with van der Waals surface area (Å²) < 4.78 is 0. The van der Waals surface area contributed by atoms with E-state index in [1.807, 2.05) is 0 Å². The number of benzene rings is 2. The largest absolute Gasteiger partial charge is 0.244 e. The van der Waals surface area contributed by atoms with Crippen LogP contribution in [0.2, 0.25) is 50.2 Å². The second-order valence-corrected chi connectivity index (χ2v) is 9.73. The molecule has 0 amide bonds. The van der Waals surface area contributed by atoms with E-state index in [0.29, 0.717) is 21.0 Å². The summed E-state index contributed by atoms with van der Waals surface area (Å²) in [6.07, 6.45) is 1.51. The summed E-state index contributed by atoms with van der Waals surface area (Å²) in [6.45, 7) is 0. The van der Waals surface area contributed by atoms with Gasteiger partial charge in [0.1, 0.15) is 5.01 Å². The Kier molecular flexibility index (Phi) is 7.22. The number of halogens is 10. The van der Waals surface area contributed by atoms with Gasteiger partial charge in [-0.05, 0) is 0 Å². The molecule has 0 spiro atoms. The maximum Gasteiger partial charge on any atom is 0.126 e. The topological polar surface area (TPSA) is 12.9 Å². The van der Waals surface area contributed by atoms with Gasteiger partial charge in [-0.15, -0.1) is 11.3 Å². The van der Waals surface area contributed by atoms with Crippen LogP contribution in [0, 0.1) is 0 Å². The molecule has 12 heteroatoms. The van der Waals surface area contributed by atoms with Gasteiger partial charge in [0.25, 0.3) is 0 Å². The lowest BCUT2D eigenvalue weighted by molar-refractivity contribution is 1.41. The molecule has 0 saturated heterocycles. The highest BCUT2D eigenvalue weighted by atomic mass is 35.5. The fourth-order valence-corrected chi connectivity index (χ4v) is 6.03. The molecule has 1 aromatic heterocycles. The smallest absolute Gasteiger partial charge is 0.126 e. The van der Waals surface area contributed by atoms with Gasteiger partial charge in [-0.25, -0.2) is 4.98 Å². The zero-order valence-electron chi connectivity index (χ0n) is 12.2. The van der Waals surface area contributed by atoms with Crippen LogP contribution in [0.1, 0.15) is 0 Å². The minimum atomic E-state index is 0.0521. The van der Waals surface area contributed by atoms with Gasteiger partial charge in [0.15, 0.2) is 0 Å². The van der Waals surface area contributed by atoms with Crippen molar-refractivity contribution in [2.75, 3.05) is 0 Å². The Morgan fingerprint density at radius 1 is 0.481 bits per heavy atom. The Labute approximate surface area is 207 Å². The van der Waals surface area contributed by atoms with E-state index >= 15 is 0 Å². The Bertz CT molecular complexity index is 949. The number of hydrogen-bond acceptors (Lipinski definition) is 2. The van der Waals surface area contributed by atoms with Gasteiger partial charge in [0.2, 0.25) is 0 Å². The summed E-state index contributed by atoms with van der Waals surface area (Å²) in [4.78, 5) is 4.86. The zero-order valence-corrected chi connectivity index (χ0v) is 20.6. The van der Waals surface area contributed by atoms with Crippen LogP contribution in [0.5, 0.6) is 0 Å². The van der Waals surface area contributed by atoms with Crippen LogP contribution in [0.25, 0.3) is 21.0 Å². The molecule has 0 radical (unpaired) electrons. The van der Waals surface area contributed by atoms with Gasteiger partial charge in [-0.1, -0.05) is 116 Å². The molecule has 1 nitrogen and oxygen atoms in total. The van der Waals surface area contributed by atoms with E-state index in [2.05, 4.69) is 4.98 Å². The van der Waals surface area contributed by atoms with Crippen molar-refractivity contribution in [1.29, 1.82) is 0 Å². The third-order valence-electron chi connectivity index (χ3n) is 3.39. The first-order valence-corrected chi connectivity index (χ1v) is 11.2. The van der Waals surface area contributed by atoms with Gasteiger partial charge in [-0.2, -0.15) is 0 Å². The van der Waals surface area contributed by atoms with Crippen LogP contribution in [-0.4, -0.2) is 4.98 Å². The second kappa shape index (κ2) is 8.61. The molecule has 142 valence electrons. The standard InChI is InChI=1S/C15HCl10NS/c16-5-3(6(17)10(21)13(24)9(5)20)2-1-26-15(27-2)4-7(18)11(22)14(25)12(23)8(4)19/h1H. The van der Waals surface area contributed by atoms with Gasteiger partial charge >= 0.3 is 0 Å². The minimum absolute atomic E-state index is 0.0521. The van der Waals surface area contributed by atoms with Gasteiger partial charge in [0.05, 0.1) is 60.7 Å². The molecule has 0 unspecified atom stereocenters. The molecule has 0 bridgehead atoms. The van der Waals surface area contributed by atoms with E-state index in [-0.39, 0.29) is 50.2 Å². The Balaban J connectivity index is 2.25. The van der Waals surface area contributed by atoms with Gasteiger partial charge in [0, 0.05) is 11.8 Å². The Morgan fingerprint density at radius 2 is 0.815 bits per heavy atom. The fraction of sp³-hybridized carbons (Fsp3) is 0. The van der Waals surface area contributed by atoms with Crippen molar-refractivity contribution in [2.45, 2.75) is 0 Å². The summed E-state index contributed by atoms with van der Waals surface area (Å²) in [5.41, 5.74) is 0.701. The summed E-state index contributed by atoms with van der Waals surface area (Å²) in [7, 11) is 0. The first-order chi connectivity index (χ1) is 12.6. The summed E-state index contributed by atoms with van der Waals surface area (Å²) in [6, 6.07) is 0. The zero-order chi connectivity index (χ0) is 20.2. The highest BCUT2D eigenvalue weighted by Crippen LogP contribution is 2.52. The molecule has 0 saturated carbocycles. The molecular formula is C15HCl10NS. The molecule has 0 aliphatic heterocycles. The van der Waals surface area contributed by atoms with Crippen LogP contribution >= 0.6 is 127 Å². The normalized spacial score (nSPS) is 11.3. The highest BCUT2D eigenvalue weighted by molar-refractivity contribution is 7.18. The molecule has 1 heterocycles. The lowest BCUT2D eigenvalue weighted by atomic mass is 10.2. The summed E-state index contributed by atoms with van der Waals surface area (Å²) >= 11 is 62.9. The minimum Gasteiger partial charge on any atom is -0.244 e. The molecule has 0 aliphatic rings. The van der Waals surface area contributed by atoms with Crippen molar-refractivity contribution in [2.24, 2.45) is 0 Å². The maximum absolute atomic E-state index is 6.31. The van der Waals surface area contributed by atoms with Crippen molar-refractivity contribution < 1.29 is 0 Å². The molecular weight excluding hydrogens is 581 g/mol. The van der Waals surface area contributed by atoms with E-state index in [4.69, 9.17) is 116 Å². The molecule has 0 aliphatic carbocycles. The number of hydrogen-bond donors (Lipinski definition) is 0. The van der Waals surface area contributed by atoms with E-state index in [1.165, 1.54) is 17.5 Å². The maximum atomic E-state index is 6.31. The highest BCUT2D eigenvalue weighted by Gasteiger charge is 2.25. The number of rotatable bonds is 2. The molecule has 2 aromatic carbocycles. The van der Waals surface area contributed by atoms with Gasteiger partial charge < -0.3 is 0 Å². The van der Waals surface area contributed by atoms with Crippen LogP contribution in [-0.2, 0) is 0 Å². The van der Waals surface area contributed by atoms with E-state index < -0.39 is 0 Å². The average Bonchev–Trinajstić information content (AvgIpc) is 3.11. The quantitative estimate of drug-likeness (QED) is 0.217. The molecule has 27 heavy (non-hydrogen) atoms. The van der Waals surface area contributed by atoms with E-state index in [0.717, 1.165) is 0 Å². The first-order valence-electron chi connectivity index (χ1n) is 6.57. The van der Waals surface area contributed by atoms with Crippen molar-refractivity contribution >= 4 is 127 Å². The Morgan fingerprint density at radius 3 is 1.22 bits per heavy atom. The molecule has 0 atom stereocenters. The fourth-order valence-electron chi connectivity index (χ4n) is 2.12. The first kappa shape index (κ1) is 22.7. The van der Waals surface area contributed by atoms with Crippen LogP contribution in [0.4, 0.5) is 0 Å². The SMILES string of the molecule is Clc1c(Cl)c(Cl)c(-c2cnc(-c3c(Cl)c(Cl)c(Cl)c(Cl)c3Cl)s2)c(Cl)c1Cl. The lowest BCUT2D eigenvalue weighted by Crippen LogP contribution is -1.85. The van der Waals surface area contributed by atoms with Crippen molar-refractivity contribution in [3.8, 4) is 21.0 Å². The number of thiazole rings is 1. The Hall–Kier alpha value is 0.970. The molecule has 0 fully saturated rings. The van der Waals surface area contributed by atoms with Crippen LogP contribution < -0.4 is 0 Å². The van der Waals surface area contributed by atoms with E-state index in [9.17, 15) is 0 Å². The van der Waals surface area contributed by atoms with E-state index in [1.54, 1.807) is 0 Å². The van der Waals surface area contributed by atoms with Crippen LogP contribution in [0.3, 0.4) is 0 Å². The molecule has 3 aromatic rings. The van der Waals surface area contributed by atoms with Crippen molar-refractivity contribution in [3.63, 3.8) is 0 Å². The molecule has 0 N–H and O–H groups in total. The predicted octanol–water partition coefficient (Wildman–Crippen LogP) is 11.0. The van der Waals surface area contributed by atoms with Crippen molar-refractivity contribution in [3.05, 3.63) is 56.4 Å². The summed E-state index contributed by atoms with van der Waals surface area (Å²) in [5.74, 6) is 0.